The van der Waals surface area contributed by atoms with Crippen LogP contribution in [0, 0.1) is 21.7 Å². The Morgan fingerprint density at radius 1 is 1.30 bits per heavy atom. The van der Waals surface area contributed by atoms with Crippen molar-refractivity contribution in [2.24, 2.45) is 0 Å². The molecule has 0 radical (unpaired) electrons. The second-order valence-electron chi connectivity index (χ2n) is 4.23. The maximum Gasteiger partial charge on any atom is 0.304 e. The molecule has 1 N–H and O–H groups in total. The Hall–Kier alpha value is -2.57. The Bertz CT molecular complexity index is 649. The van der Waals surface area contributed by atoms with E-state index in [0.717, 1.165) is 18.3 Å². The molecule has 0 aliphatic carbocycles. The zero-order chi connectivity index (χ0) is 14.7. The fourth-order valence-corrected chi connectivity index (χ4v) is 1.74. The Morgan fingerprint density at radius 2 is 2.05 bits per heavy atom. The van der Waals surface area contributed by atoms with Crippen molar-refractivity contribution in [3.8, 4) is 0 Å². The van der Waals surface area contributed by atoms with Gasteiger partial charge < -0.3 is 5.32 Å². The smallest absolute Gasteiger partial charge is 0.304 e. The van der Waals surface area contributed by atoms with Crippen molar-refractivity contribution < 1.29 is 13.7 Å². The molecule has 2 rings (SSSR count). The number of nitro groups is 1. The molecule has 0 spiro atoms. The van der Waals surface area contributed by atoms with Crippen LogP contribution in [0.2, 0.25) is 0 Å². The molecule has 0 bridgehead atoms. The topological polar surface area (TPSA) is 68.1 Å². The van der Waals surface area contributed by atoms with Crippen molar-refractivity contribution >= 4 is 11.4 Å². The standard InChI is InChI=1S/C13H11F2N3O2/c1-8(9-4-10(14)7-16-6-9)17-11-2-3-13(18(19)20)12(15)5-11/h2-8,17H,1H3. The van der Waals surface area contributed by atoms with Crippen LogP contribution in [0.25, 0.3) is 0 Å². The van der Waals surface area contributed by atoms with E-state index < -0.39 is 22.2 Å². The average Bonchev–Trinajstić information content (AvgIpc) is 2.38. The monoisotopic (exact) mass is 279 g/mol. The van der Waals surface area contributed by atoms with Crippen molar-refractivity contribution in [1.29, 1.82) is 0 Å². The van der Waals surface area contributed by atoms with Crippen LogP contribution in [0.15, 0.2) is 36.7 Å². The van der Waals surface area contributed by atoms with Crippen LogP contribution in [-0.2, 0) is 0 Å². The second-order valence-corrected chi connectivity index (χ2v) is 4.23. The van der Waals surface area contributed by atoms with E-state index in [2.05, 4.69) is 10.3 Å². The summed E-state index contributed by atoms with van der Waals surface area (Å²) in [4.78, 5) is 13.4. The molecule has 0 aliphatic heterocycles. The molecule has 0 amide bonds. The maximum absolute atomic E-state index is 13.5. The number of nitro benzene ring substituents is 1. The van der Waals surface area contributed by atoms with E-state index in [-0.39, 0.29) is 6.04 Å². The minimum atomic E-state index is -0.926. The first-order valence-electron chi connectivity index (χ1n) is 5.78. The predicted octanol–water partition coefficient (Wildman–Crippen LogP) is 3.44. The van der Waals surface area contributed by atoms with E-state index in [9.17, 15) is 18.9 Å². The predicted molar refractivity (Wildman–Crippen MR) is 69.3 cm³/mol. The van der Waals surface area contributed by atoms with Gasteiger partial charge in [0.2, 0.25) is 5.82 Å². The summed E-state index contributed by atoms with van der Waals surface area (Å²) in [6.07, 6.45) is 2.57. The van der Waals surface area contributed by atoms with Crippen molar-refractivity contribution in [1.82, 2.24) is 4.98 Å². The van der Waals surface area contributed by atoms with Crippen LogP contribution in [0.1, 0.15) is 18.5 Å². The van der Waals surface area contributed by atoms with Crippen LogP contribution in [0.3, 0.4) is 0 Å². The Morgan fingerprint density at radius 3 is 2.65 bits per heavy atom. The Balaban J connectivity index is 2.18. The molecule has 104 valence electrons. The van der Waals surface area contributed by atoms with E-state index in [1.54, 1.807) is 6.92 Å². The summed E-state index contributed by atoms with van der Waals surface area (Å²) in [5, 5.41) is 13.4. The van der Waals surface area contributed by atoms with Gasteiger partial charge in [-0.2, -0.15) is 4.39 Å². The van der Waals surface area contributed by atoms with Crippen molar-refractivity contribution in [2.75, 3.05) is 5.32 Å². The van der Waals surface area contributed by atoms with Crippen LogP contribution in [0.5, 0.6) is 0 Å². The first-order chi connectivity index (χ1) is 9.47. The number of pyridine rings is 1. The summed E-state index contributed by atoms with van der Waals surface area (Å²) in [6.45, 7) is 1.75. The molecular formula is C13H11F2N3O2. The van der Waals surface area contributed by atoms with Crippen LogP contribution in [0.4, 0.5) is 20.2 Å². The Labute approximate surface area is 113 Å². The van der Waals surface area contributed by atoms with Crippen molar-refractivity contribution in [3.63, 3.8) is 0 Å². The highest BCUT2D eigenvalue weighted by molar-refractivity contribution is 5.50. The SMILES string of the molecule is CC(Nc1ccc([N+](=O)[O-])c(F)c1)c1cncc(F)c1. The van der Waals surface area contributed by atoms with E-state index in [0.29, 0.717) is 11.3 Å². The van der Waals surface area contributed by atoms with Gasteiger partial charge in [-0.15, -0.1) is 0 Å². The summed E-state index contributed by atoms with van der Waals surface area (Å²) in [6, 6.07) is 4.49. The van der Waals surface area contributed by atoms with E-state index in [1.165, 1.54) is 18.3 Å². The van der Waals surface area contributed by atoms with Gasteiger partial charge in [0.25, 0.3) is 0 Å². The molecule has 5 nitrogen and oxygen atoms in total. The van der Waals surface area contributed by atoms with Gasteiger partial charge in [0.15, 0.2) is 0 Å². The third-order valence-electron chi connectivity index (χ3n) is 2.75. The highest BCUT2D eigenvalue weighted by Gasteiger charge is 2.15. The largest absolute Gasteiger partial charge is 0.378 e. The highest BCUT2D eigenvalue weighted by Crippen LogP contribution is 2.24. The number of nitrogens with zero attached hydrogens (tertiary/aromatic N) is 2. The van der Waals surface area contributed by atoms with Gasteiger partial charge in [-0.05, 0) is 24.6 Å². The summed E-state index contributed by atoms with van der Waals surface area (Å²) in [5.74, 6) is -1.39. The summed E-state index contributed by atoms with van der Waals surface area (Å²) < 4.78 is 26.5. The molecule has 0 saturated heterocycles. The lowest BCUT2D eigenvalue weighted by Crippen LogP contribution is -2.07. The van der Waals surface area contributed by atoms with Crippen LogP contribution < -0.4 is 5.32 Å². The lowest BCUT2D eigenvalue weighted by atomic mass is 10.1. The molecule has 1 aromatic heterocycles. The lowest BCUT2D eigenvalue weighted by Gasteiger charge is -2.15. The number of rotatable bonds is 4. The first-order valence-corrected chi connectivity index (χ1v) is 5.78. The summed E-state index contributed by atoms with van der Waals surface area (Å²) in [5.41, 5.74) is 0.365. The third kappa shape index (κ3) is 3.05. The molecule has 1 aromatic carbocycles. The molecule has 1 unspecified atom stereocenters. The van der Waals surface area contributed by atoms with E-state index in [4.69, 9.17) is 0 Å². The summed E-state index contributed by atoms with van der Waals surface area (Å²) in [7, 11) is 0. The Kier molecular flexibility index (Phi) is 3.88. The van der Waals surface area contributed by atoms with Gasteiger partial charge >= 0.3 is 5.69 Å². The molecule has 0 aliphatic rings. The molecule has 7 heteroatoms. The molecule has 20 heavy (non-hydrogen) atoms. The van der Waals surface area contributed by atoms with Crippen molar-refractivity contribution in [2.45, 2.75) is 13.0 Å². The number of aromatic nitrogens is 1. The van der Waals surface area contributed by atoms with E-state index in [1.807, 2.05) is 0 Å². The second kappa shape index (κ2) is 5.60. The normalized spacial score (nSPS) is 11.9. The fourth-order valence-electron chi connectivity index (χ4n) is 1.74. The number of benzene rings is 1. The molecular weight excluding hydrogens is 268 g/mol. The number of hydrogen-bond donors (Lipinski definition) is 1. The van der Waals surface area contributed by atoms with Gasteiger partial charge in [0.1, 0.15) is 5.82 Å². The highest BCUT2D eigenvalue weighted by atomic mass is 19.1. The van der Waals surface area contributed by atoms with Gasteiger partial charge in [-0.25, -0.2) is 4.39 Å². The van der Waals surface area contributed by atoms with Crippen LogP contribution in [-0.4, -0.2) is 9.91 Å². The van der Waals surface area contributed by atoms with Crippen molar-refractivity contribution in [3.05, 3.63) is 64.0 Å². The fraction of sp³-hybridized carbons (Fsp3) is 0.154. The number of halogens is 2. The lowest BCUT2D eigenvalue weighted by molar-refractivity contribution is -0.387. The minimum absolute atomic E-state index is 0.320. The first kappa shape index (κ1) is 13.9. The molecule has 2 aromatic rings. The average molecular weight is 279 g/mol. The van der Waals surface area contributed by atoms with Gasteiger partial charge in [-0.1, -0.05) is 0 Å². The van der Waals surface area contributed by atoms with Crippen LogP contribution >= 0.6 is 0 Å². The van der Waals surface area contributed by atoms with Gasteiger partial charge in [0.05, 0.1) is 17.2 Å². The van der Waals surface area contributed by atoms with E-state index >= 15 is 0 Å². The van der Waals surface area contributed by atoms with Gasteiger partial charge in [-0.3, -0.25) is 15.1 Å². The molecule has 0 saturated carbocycles. The molecule has 0 fully saturated rings. The zero-order valence-corrected chi connectivity index (χ0v) is 10.5. The summed E-state index contributed by atoms with van der Waals surface area (Å²) >= 11 is 0. The number of nitrogens with one attached hydrogen (secondary N) is 1. The maximum atomic E-state index is 13.5. The quantitative estimate of drug-likeness (QED) is 0.687. The minimum Gasteiger partial charge on any atom is -0.378 e. The molecule has 1 heterocycles. The number of hydrogen-bond acceptors (Lipinski definition) is 4. The zero-order valence-electron chi connectivity index (χ0n) is 10.5. The number of anilines is 1. The van der Waals surface area contributed by atoms with Gasteiger partial charge in [0, 0.05) is 24.0 Å². The molecule has 1 atom stereocenters. The third-order valence-corrected chi connectivity index (χ3v) is 2.75.